The van der Waals surface area contributed by atoms with Crippen molar-refractivity contribution in [1.29, 1.82) is 0 Å². The van der Waals surface area contributed by atoms with E-state index in [2.05, 4.69) is 26.1 Å². The van der Waals surface area contributed by atoms with Crippen molar-refractivity contribution in [2.45, 2.75) is 38.1 Å². The Hall–Kier alpha value is -0.0700. The lowest BCUT2D eigenvalue weighted by Gasteiger charge is -2.41. The summed E-state index contributed by atoms with van der Waals surface area (Å²) in [6.45, 7) is 3.82. The van der Waals surface area contributed by atoms with Gasteiger partial charge in [-0.2, -0.15) is 0 Å². The summed E-state index contributed by atoms with van der Waals surface area (Å²) in [5, 5.41) is 13.7. The number of phenols is 1. The summed E-state index contributed by atoms with van der Waals surface area (Å²) >= 11 is 3.38. The Morgan fingerprint density at radius 1 is 1.12 bits per heavy atom. The predicted molar refractivity (Wildman–Crippen MR) is 104 cm³/mol. The highest BCUT2D eigenvalue weighted by atomic mass is 79.9. The van der Waals surface area contributed by atoms with E-state index >= 15 is 0 Å². The second-order valence-electron chi connectivity index (χ2n) is 6.45. The first-order chi connectivity index (χ1) is 10.7. The number of benzene rings is 1. The maximum Gasteiger partial charge on any atom is 0.166 e. The molecule has 1 aliphatic carbocycles. The van der Waals surface area contributed by atoms with E-state index in [1.165, 1.54) is 38.2 Å². The molecule has 1 aromatic rings. The number of rotatable bonds is 3. The van der Waals surface area contributed by atoms with Gasteiger partial charge in [-0.15, -0.1) is 24.8 Å². The van der Waals surface area contributed by atoms with Crippen LogP contribution in [0, 0.1) is 11.7 Å². The summed E-state index contributed by atoms with van der Waals surface area (Å²) in [6, 6.07) is 3.36. The van der Waals surface area contributed by atoms with Gasteiger partial charge in [0.15, 0.2) is 11.6 Å². The second kappa shape index (κ2) is 10.2. The van der Waals surface area contributed by atoms with Gasteiger partial charge in [-0.1, -0.05) is 35.2 Å². The number of hydrogen-bond donors (Lipinski definition) is 2. The van der Waals surface area contributed by atoms with Gasteiger partial charge in [0.2, 0.25) is 0 Å². The van der Waals surface area contributed by atoms with Crippen molar-refractivity contribution < 1.29 is 9.50 Å². The molecule has 138 valence electrons. The van der Waals surface area contributed by atoms with Crippen LogP contribution in [0.25, 0.3) is 0 Å². The summed E-state index contributed by atoms with van der Waals surface area (Å²) in [7, 11) is 0. The standard InChI is InChI=1S/C17H24BrFN2O.2ClH/c18-13-10-14(17(22)15(19)11-13)16(12-4-2-1-3-5-12)21-8-6-20-7-9-21;;/h10-12,16,20,22H,1-9H2;2*1H/t16-;;/m0../s1. The van der Waals surface area contributed by atoms with E-state index in [9.17, 15) is 9.50 Å². The lowest BCUT2D eigenvalue weighted by molar-refractivity contribution is 0.101. The minimum absolute atomic E-state index is 0. The molecule has 0 bridgehead atoms. The van der Waals surface area contributed by atoms with Gasteiger partial charge >= 0.3 is 0 Å². The van der Waals surface area contributed by atoms with E-state index in [-0.39, 0.29) is 36.6 Å². The van der Waals surface area contributed by atoms with E-state index in [0.717, 1.165) is 31.7 Å². The van der Waals surface area contributed by atoms with Crippen LogP contribution in [0.3, 0.4) is 0 Å². The van der Waals surface area contributed by atoms with E-state index in [1.807, 2.05) is 6.07 Å². The van der Waals surface area contributed by atoms with Gasteiger partial charge in [0.25, 0.3) is 0 Å². The zero-order chi connectivity index (χ0) is 15.5. The third-order valence-corrected chi connectivity index (χ3v) is 5.48. The van der Waals surface area contributed by atoms with Crippen LogP contribution in [0.5, 0.6) is 5.75 Å². The molecule has 1 saturated heterocycles. The van der Waals surface area contributed by atoms with Crippen molar-refractivity contribution in [3.8, 4) is 5.75 Å². The fourth-order valence-corrected chi connectivity index (χ4v) is 4.42. The Morgan fingerprint density at radius 2 is 1.75 bits per heavy atom. The van der Waals surface area contributed by atoms with Gasteiger partial charge in [-0.05, 0) is 30.9 Å². The first-order valence-corrected chi connectivity index (χ1v) is 9.09. The highest BCUT2D eigenvalue weighted by Crippen LogP contribution is 2.43. The largest absolute Gasteiger partial charge is 0.505 e. The maximum atomic E-state index is 14.0. The minimum Gasteiger partial charge on any atom is -0.505 e. The normalized spacial score (nSPS) is 20.8. The van der Waals surface area contributed by atoms with Gasteiger partial charge in [0, 0.05) is 42.3 Å². The molecule has 2 fully saturated rings. The van der Waals surface area contributed by atoms with Crippen LogP contribution in [0.4, 0.5) is 4.39 Å². The quantitative estimate of drug-likeness (QED) is 0.712. The number of nitrogens with one attached hydrogen (secondary N) is 1. The molecule has 24 heavy (non-hydrogen) atoms. The van der Waals surface area contributed by atoms with Crippen LogP contribution < -0.4 is 5.32 Å². The molecule has 2 N–H and O–H groups in total. The minimum atomic E-state index is -0.527. The fraction of sp³-hybridized carbons (Fsp3) is 0.647. The van der Waals surface area contributed by atoms with Crippen molar-refractivity contribution in [3.63, 3.8) is 0 Å². The summed E-state index contributed by atoms with van der Waals surface area (Å²) in [5.41, 5.74) is 0.751. The highest BCUT2D eigenvalue weighted by molar-refractivity contribution is 9.10. The lowest BCUT2D eigenvalue weighted by atomic mass is 9.80. The van der Waals surface area contributed by atoms with Crippen LogP contribution in [-0.4, -0.2) is 36.2 Å². The number of aromatic hydroxyl groups is 1. The Morgan fingerprint density at radius 3 is 2.38 bits per heavy atom. The van der Waals surface area contributed by atoms with Gasteiger partial charge in [-0.25, -0.2) is 4.39 Å². The summed E-state index contributed by atoms with van der Waals surface area (Å²) in [4.78, 5) is 2.42. The van der Waals surface area contributed by atoms with E-state index < -0.39 is 5.82 Å². The van der Waals surface area contributed by atoms with Crippen molar-refractivity contribution >= 4 is 40.7 Å². The monoisotopic (exact) mass is 442 g/mol. The van der Waals surface area contributed by atoms with Gasteiger partial charge in [-0.3, -0.25) is 4.90 Å². The molecular formula is C17H26BrCl2FN2O. The first kappa shape index (κ1) is 22.0. The van der Waals surface area contributed by atoms with Gasteiger partial charge in [0.1, 0.15) is 0 Å². The highest BCUT2D eigenvalue weighted by Gasteiger charge is 2.33. The third-order valence-electron chi connectivity index (χ3n) is 5.02. The third kappa shape index (κ3) is 4.98. The number of piperazine rings is 1. The lowest BCUT2D eigenvalue weighted by Crippen LogP contribution is -2.47. The molecule has 0 amide bonds. The fourth-order valence-electron chi connectivity index (χ4n) is 3.97. The molecule has 1 aromatic carbocycles. The Labute approximate surface area is 164 Å². The zero-order valence-corrected chi connectivity index (χ0v) is 16.9. The maximum absolute atomic E-state index is 14.0. The molecule has 2 aliphatic rings. The first-order valence-electron chi connectivity index (χ1n) is 8.29. The molecular weight excluding hydrogens is 418 g/mol. The van der Waals surface area contributed by atoms with Crippen LogP contribution in [0.1, 0.15) is 43.7 Å². The topological polar surface area (TPSA) is 35.5 Å². The summed E-state index contributed by atoms with van der Waals surface area (Å²) < 4.78 is 14.7. The molecule has 0 spiro atoms. The molecule has 1 aliphatic heterocycles. The molecule has 1 saturated carbocycles. The zero-order valence-electron chi connectivity index (χ0n) is 13.6. The van der Waals surface area contributed by atoms with Crippen LogP contribution >= 0.6 is 40.7 Å². The molecule has 7 heteroatoms. The summed E-state index contributed by atoms with van der Waals surface area (Å²) in [5.74, 6) is -0.191. The Kier molecular flexibility index (Phi) is 9.31. The molecule has 1 atom stereocenters. The molecule has 0 aromatic heterocycles. The number of nitrogens with zero attached hydrogens (tertiary/aromatic N) is 1. The number of halogens is 4. The van der Waals surface area contributed by atoms with Crippen molar-refractivity contribution in [2.75, 3.05) is 26.2 Å². The Balaban J connectivity index is 0.00000144. The molecule has 3 nitrogen and oxygen atoms in total. The van der Waals surface area contributed by atoms with Crippen LogP contribution in [-0.2, 0) is 0 Å². The Bertz CT molecular complexity index is 506. The average molecular weight is 444 g/mol. The SMILES string of the molecule is Cl.Cl.Oc1c(F)cc(Br)cc1[C@H](C1CCCCC1)N1CCNCC1. The van der Waals surface area contributed by atoms with Crippen LogP contribution in [0.2, 0.25) is 0 Å². The molecule has 1 heterocycles. The summed E-state index contributed by atoms with van der Waals surface area (Å²) in [6.07, 6.45) is 6.11. The van der Waals surface area contributed by atoms with Gasteiger partial charge < -0.3 is 10.4 Å². The van der Waals surface area contributed by atoms with Crippen molar-refractivity contribution in [1.82, 2.24) is 10.2 Å². The smallest absolute Gasteiger partial charge is 0.166 e. The van der Waals surface area contributed by atoms with Crippen molar-refractivity contribution in [3.05, 3.63) is 28.0 Å². The number of hydrogen-bond acceptors (Lipinski definition) is 3. The van der Waals surface area contributed by atoms with E-state index in [0.29, 0.717) is 10.4 Å². The molecule has 0 radical (unpaired) electrons. The van der Waals surface area contributed by atoms with Crippen LogP contribution in [0.15, 0.2) is 16.6 Å². The van der Waals surface area contributed by atoms with Crippen molar-refractivity contribution in [2.24, 2.45) is 5.92 Å². The van der Waals surface area contributed by atoms with E-state index in [4.69, 9.17) is 0 Å². The predicted octanol–water partition coefficient (Wildman–Crippen LogP) is 4.66. The molecule has 3 rings (SSSR count). The van der Waals surface area contributed by atoms with E-state index in [1.54, 1.807) is 0 Å². The van der Waals surface area contributed by atoms with Gasteiger partial charge in [0.05, 0.1) is 0 Å². The number of phenolic OH excluding ortho intramolecular Hbond substituents is 1. The average Bonchev–Trinajstić information content (AvgIpc) is 2.54. The second-order valence-corrected chi connectivity index (χ2v) is 7.37. The molecule has 0 unspecified atom stereocenters.